The summed E-state index contributed by atoms with van der Waals surface area (Å²) in [7, 11) is 1.97. The van der Waals surface area contributed by atoms with Crippen molar-refractivity contribution in [1.29, 1.82) is 0 Å². The minimum Gasteiger partial charge on any atom is -0.328 e. The highest BCUT2D eigenvalue weighted by Gasteiger charge is 2.16. The van der Waals surface area contributed by atoms with Gasteiger partial charge in [0.2, 0.25) is 0 Å². The Bertz CT molecular complexity index is 805. The summed E-state index contributed by atoms with van der Waals surface area (Å²) in [5.74, 6) is 0. The molecule has 0 spiro atoms. The van der Waals surface area contributed by atoms with Crippen molar-refractivity contribution in [2.75, 3.05) is 0 Å². The zero-order valence-corrected chi connectivity index (χ0v) is 13.4. The number of nitrogens with zero attached hydrogens (tertiary/aromatic N) is 4. The summed E-state index contributed by atoms with van der Waals surface area (Å²) >= 11 is 7.14. The molecule has 0 saturated heterocycles. The average Bonchev–Trinajstić information content (AvgIpc) is 3.02. The zero-order chi connectivity index (χ0) is 14.3. The summed E-state index contributed by atoms with van der Waals surface area (Å²) in [6, 6.07) is 0. The quantitative estimate of drug-likeness (QED) is 0.753. The van der Waals surface area contributed by atoms with Crippen LogP contribution in [0.3, 0.4) is 0 Å². The molecule has 3 rings (SSSR count). The number of H-pyrrole nitrogens is 1. The van der Waals surface area contributed by atoms with Crippen LogP contribution in [0.15, 0.2) is 5.51 Å². The summed E-state index contributed by atoms with van der Waals surface area (Å²) in [6.07, 6.45) is 2.04. The van der Waals surface area contributed by atoms with Gasteiger partial charge < -0.3 is 4.98 Å². The monoisotopic (exact) mass is 307 g/mol. The molecule has 106 valence electrons. The van der Waals surface area contributed by atoms with Crippen LogP contribution in [0.2, 0.25) is 0 Å². The van der Waals surface area contributed by atoms with Crippen LogP contribution in [0.25, 0.3) is 11.2 Å². The van der Waals surface area contributed by atoms with Crippen molar-refractivity contribution in [3.8, 4) is 0 Å². The number of rotatable bonds is 4. The van der Waals surface area contributed by atoms with Crippen molar-refractivity contribution in [1.82, 2.24) is 24.3 Å². The van der Waals surface area contributed by atoms with E-state index >= 15 is 0 Å². The molecular weight excluding hydrogens is 290 g/mol. The SMILES string of the molecule is CCCc1nn(C)c2c1[nH]c(=S)n2Cc1scnc1C. The predicted molar refractivity (Wildman–Crippen MR) is 83.8 cm³/mol. The molecule has 1 N–H and O–H groups in total. The number of imidazole rings is 1. The molecular formula is C13H17N5S2. The second-order valence-electron chi connectivity index (χ2n) is 4.90. The smallest absolute Gasteiger partial charge is 0.179 e. The Labute approximate surface area is 126 Å². The lowest BCUT2D eigenvalue weighted by Gasteiger charge is -2.03. The molecule has 20 heavy (non-hydrogen) atoms. The van der Waals surface area contributed by atoms with Crippen molar-refractivity contribution in [3.63, 3.8) is 0 Å². The number of fused-ring (bicyclic) bond motifs is 1. The second-order valence-corrected chi connectivity index (χ2v) is 6.22. The number of hydrogen-bond donors (Lipinski definition) is 1. The Morgan fingerprint density at radius 1 is 1.45 bits per heavy atom. The maximum Gasteiger partial charge on any atom is 0.179 e. The third-order valence-corrected chi connectivity index (χ3v) is 4.70. The van der Waals surface area contributed by atoms with Crippen LogP contribution >= 0.6 is 23.6 Å². The van der Waals surface area contributed by atoms with Gasteiger partial charge in [0.05, 0.1) is 23.4 Å². The van der Waals surface area contributed by atoms with E-state index in [4.69, 9.17) is 12.2 Å². The van der Waals surface area contributed by atoms with E-state index in [1.54, 1.807) is 11.3 Å². The van der Waals surface area contributed by atoms with E-state index in [-0.39, 0.29) is 0 Å². The highest BCUT2D eigenvalue weighted by atomic mass is 32.1. The molecule has 0 saturated carbocycles. The molecule has 0 aliphatic rings. The van der Waals surface area contributed by atoms with E-state index in [2.05, 4.69) is 26.6 Å². The molecule has 3 aromatic rings. The van der Waals surface area contributed by atoms with E-state index < -0.39 is 0 Å². The molecule has 3 heterocycles. The number of thiazole rings is 1. The number of aryl methyl sites for hydroxylation is 3. The molecule has 0 bridgehead atoms. The van der Waals surface area contributed by atoms with Crippen LogP contribution in [0, 0.1) is 11.7 Å². The highest BCUT2D eigenvalue weighted by molar-refractivity contribution is 7.71. The molecule has 5 nitrogen and oxygen atoms in total. The highest BCUT2D eigenvalue weighted by Crippen LogP contribution is 2.22. The molecule has 0 aliphatic heterocycles. The Morgan fingerprint density at radius 3 is 2.90 bits per heavy atom. The molecule has 0 unspecified atom stereocenters. The van der Waals surface area contributed by atoms with Gasteiger partial charge in [-0.15, -0.1) is 11.3 Å². The van der Waals surface area contributed by atoms with Gasteiger partial charge in [0.1, 0.15) is 5.52 Å². The summed E-state index contributed by atoms with van der Waals surface area (Å²) in [6.45, 7) is 4.94. The lowest BCUT2D eigenvalue weighted by molar-refractivity contribution is 0.704. The van der Waals surface area contributed by atoms with Crippen LogP contribution < -0.4 is 0 Å². The molecule has 0 atom stereocenters. The summed E-state index contributed by atoms with van der Waals surface area (Å²) in [4.78, 5) is 8.85. The van der Waals surface area contributed by atoms with Gasteiger partial charge in [-0.05, 0) is 25.6 Å². The Kier molecular flexibility index (Phi) is 3.47. The van der Waals surface area contributed by atoms with Gasteiger partial charge in [0.25, 0.3) is 0 Å². The minimum atomic E-state index is 0.748. The van der Waals surface area contributed by atoms with E-state index in [1.165, 1.54) is 4.88 Å². The Balaban J connectivity index is 2.13. The molecule has 0 aliphatic carbocycles. The van der Waals surface area contributed by atoms with Crippen LogP contribution in [-0.4, -0.2) is 24.3 Å². The topological polar surface area (TPSA) is 51.4 Å². The van der Waals surface area contributed by atoms with E-state index in [9.17, 15) is 0 Å². The number of aromatic nitrogens is 5. The average molecular weight is 307 g/mol. The van der Waals surface area contributed by atoms with Crippen LogP contribution in [-0.2, 0) is 20.0 Å². The first-order chi connectivity index (χ1) is 9.61. The number of nitrogens with one attached hydrogen (secondary N) is 1. The standard InChI is InChI=1S/C13H17N5S2/c1-4-5-9-11-12(17(3)16-9)18(13(19)15-11)6-10-8(2)14-7-20-10/h7H,4-6H2,1-3H3,(H,15,19). The second kappa shape index (κ2) is 5.14. The predicted octanol–water partition coefficient (Wildman–Crippen LogP) is 3.20. The normalized spacial score (nSPS) is 11.6. The van der Waals surface area contributed by atoms with Crippen molar-refractivity contribution in [2.45, 2.75) is 33.2 Å². The maximum absolute atomic E-state index is 5.48. The van der Waals surface area contributed by atoms with Crippen molar-refractivity contribution < 1.29 is 0 Å². The van der Waals surface area contributed by atoms with E-state index in [0.29, 0.717) is 0 Å². The van der Waals surface area contributed by atoms with Crippen molar-refractivity contribution in [2.24, 2.45) is 7.05 Å². The summed E-state index contributed by atoms with van der Waals surface area (Å²) in [5.41, 5.74) is 6.18. The van der Waals surface area contributed by atoms with E-state index in [0.717, 1.165) is 46.7 Å². The maximum atomic E-state index is 5.48. The zero-order valence-electron chi connectivity index (χ0n) is 11.8. The van der Waals surface area contributed by atoms with Gasteiger partial charge >= 0.3 is 0 Å². The lowest BCUT2D eigenvalue weighted by atomic mass is 10.2. The third kappa shape index (κ3) is 2.10. The van der Waals surface area contributed by atoms with Gasteiger partial charge in [-0.2, -0.15) is 5.10 Å². The summed E-state index contributed by atoms with van der Waals surface area (Å²) in [5, 5.41) is 4.60. The number of hydrogen-bond acceptors (Lipinski definition) is 4. The third-order valence-electron chi connectivity index (χ3n) is 3.46. The van der Waals surface area contributed by atoms with Gasteiger partial charge in [-0.1, -0.05) is 13.3 Å². The minimum absolute atomic E-state index is 0.748. The van der Waals surface area contributed by atoms with Crippen LogP contribution in [0.5, 0.6) is 0 Å². The first-order valence-corrected chi connectivity index (χ1v) is 7.94. The molecule has 7 heteroatoms. The van der Waals surface area contributed by atoms with Crippen molar-refractivity contribution >= 4 is 34.7 Å². The van der Waals surface area contributed by atoms with Gasteiger partial charge in [-0.25, -0.2) is 4.98 Å². The molecule has 3 aromatic heterocycles. The fourth-order valence-corrected chi connectivity index (χ4v) is 3.48. The van der Waals surface area contributed by atoms with Crippen LogP contribution in [0.4, 0.5) is 0 Å². The number of aromatic amines is 1. The van der Waals surface area contributed by atoms with E-state index in [1.807, 2.05) is 24.2 Å². The van der Waals surface area contributed by atoms with Gasteiger partial charge in [0.15, 0.2) is 10.4 Å². The largest absolute Gasteiger partial charge is 0.328 e. The van der Waals surface area contributed by atoms with Gasteiger partial charge in [-0.3, -0.25) is 9.25 Å². The molecule has 0 amide bonds. The Hall–Kier alpha value is -1.47. The molecule has 0 fully saturated rings. The van der Waals surface area contributed by atoms with Crippen molar-refractivity contribution in [3.05, 3.63) is 26.5 Å². The fraction of sp³-hybridized carbons (Fsp3) is 0.462. The summed E-state index contributed by atoms with van der Waals surface area (Å²) < 4.78 is 4.78. The molecule has 0 radical (unpaired) electrons. The lowest BCUT2D eigenvalue weighted by Crippen LogP contribution is -2.04. The fourth-order valence-electron chi connectivity index (χ4n) is 2.46. The molecule has 0 aromatic carbocycles. The first-order valence-electron chi connectivity index (χ1n) is 6.65. The van der Waals surface area contributed by atoms with Gasteiger partial charge in [0, 0.05) is 11.9 Å². The Morgan fingerprint density at radius 2 is 2.25 bits per heavy atom. The first kappa shape index (κ1) is 13.5. The van der Waals surface area contributed by atoms with Crippen LogP contribution in [0.1, 0.15) is 29.6 Å².